The Morgan fingerprint density at radius 2 is 1.89 bits per heavy atom. The van der Waals surface area contributed by atoms with Crippen molar-refractivity contribution in [3.63, 3.8) is 0 Å². The maximum absolute atomic E-state index is 12.7. The van der Waals surface area contributed by atoms with E-state index in [1.165, 1.54) is 14.0 Å². The average molecular weight is 387 g/mol. The minimum atomic E-state index is -0.644. The Labute approximate surface area is 159 Å². The number of carbonyl (C=O) groups excluding carboxylic acids is 2. The molecule has 1 heterocycles. The summed E-state index contributed by atoms with van der Waals surface area (Å²) >= 11 is 5.85. The molecule has 0 fully saturated rings. The molecular formula is C19H15ClN2O5. The molecule has 0 atom stereocenters. The van der Waals surface area contributed by atoms with E-state index in [9.17, 15) is 9.59 Å². The van der Waals surface area contributed by atoms with Gasteiger partial charge in [-0.1, -0.05) is 23.7 Å². The molecule has 138 valence electrons. The Bertz CT molecular complexity index is 1070. The van der Waals surface area contributed by atoms with Crippen molar-refractivity contribution >= 4 is 40.1 Å². The van der Waals surface area contributed by atoms with E-state index in [2.05, 4.69) is 15.3 Å². The molecule has 0 unspecified atom stereocenters. The predicted octanol–water partition coefficient (Wildman–Crippen LogP) is 3.73. The third-order valence-corrected chi connectivity index (χ3v) is 3.81. The number of amides is 1. The van der Waals surface area contributed by atoms with Crippen molar-refractivity contribution < 1.29 is 23.6 Å². The number of anilines is 1. The van der Waals surface area contributed by atoms with Gasteiger partial charge in [0.15, 0.2) is 11.3 Å². The van der Waals surface area contributed by atoms with E-state index in [1.54, 1.807) is 48.5 Å². The smallest absolute Gasteiger partial charge is 0.332 e. The van der Waals surface area contributed by atoms with Gasteiger partial charge in [0.25, 0.3) is 11.5 Å². The second kappa shape index (κ2) is 7.92. The lowest BCUT2D eigenvalue weighted by Gasteiger charge is -2.08. The zero-order chi connectivity index (χ0) is 19.4. The minimum Gasteiger partial charge on any atom is -0.493 e. The van der Waals surface area contributed by atoms with Crippen molar-refractivity contribution in [1.82, 2.24) is 0 Å². The molecular weight excluding hydrogens is 372 g/mol. The topological polar surface area (TPSA) is 90.1 Å². The number of nitrogens with zero attached hydrogens (tertiary/aromatic N) is 1. The van der Waals surface area contributed by atoms with Crippen LogP contribution < -0.4 is 15.6 Å². The number of para-hydroxylation sites is 1. The van der Waals surface area contributed by atoms with Crippen LogP contribution in [0.2, 0.25) is 5.02 Å². The van der Waals surface area contributed by atoms with Gasteiger partial charge in [0.2, 0.25) is 0 Å². The zero-order valence-electron chi connectivity index (χ0n) is 14.5. The van der Waals surface area contributed by atoms with Crippen LogP contribution in [0.25, 0.3) is 11.0 Å². The quantitative estimate of drug-likeness (QED) is 0.545. The summed E-state index contributed by atoms with van der Waals surface area (Å²) < 4.78 is 11.0. The van der Waals surface area contributed by atoms with Gasteiger partial charge < -0.3 is 19.3 Å². The molecule has 2 aromatic carbocycles. The van der Waals surface area contributed by atoms with E-state index in [4.69, 9.17) is 20.8 Å². The SMILES string of the molecule is COc1cccc2cc(C(=O)Nc3ccc(Cl)cc3)/c(=N\OC(C)=O)oc12. The molecule has 27 heavy (non-hydrogen) atoms. The number of ether oxygens (including phenoxy) is 1. The highest BCUT2D eigenvalue weighted by molar-refractivity contribution is 6.30. The van der Waals surface area contributed by atoms with Crippen LogP contribution in [-0.2, 0) is 9.63 Å². The van der Waals surface area contributed by atoms with Gasteiger partial charge in [0, 0.05) is 23.0 Å². The van der Waals surface area contributed by atoms with Crippen LogP contribution in [0.5, 0.6) is 5.75 Å². The van der Waals surface area contributed by atoms with E-state index in [-0.39, 0.29) is 11.1 Å². The van der Waals surface area contributed by atoms with Crippen molar-refractivity contribution in [3.8, 4) is 5.75 Å². The fourth-order valence-electron chi connectivity index (χ4n) is 2.35. The number of rotatable bonds is 4. The van der Waals surface area contributed by atoms with Gasteiger partial charge in [0.1, 0.15) is 5.56 Å². The Morgan fingerprint density at radius 3 is 2.56 bits per heavy atom. The highest BCUT2D eigenvalue weighted by Gasteiger charge is 2.15. The summed E-state index contributed by atoms with van der Waals surface area (Å²) in [6.07, 6.45) is 0. The van der Waals surface area contributed by atoms with Crippen molar-refractivity contribution in [2.75, 3.05) is 12.4 Å². The van der Waals surface area contributed by atoms with Crippen LogP contribution in [0.15, 0.2) is 58.1 Å². The molecule has 8 heteroatoms. The lowest BCUT2D eigenvalue weighted by molar-refractivity contribution is -0.141. The van der Waals surface area contributed by atoms with Gasteiger partial charge >= 0.3 is 5.97 Å². The molecule has 0 saturated carbocycles. The summed E-state index contributed by atoms with van der Waals surface area (Å²) in [6, 6.07) is 13.4. The number of carbonyl (C=O) groups is 2. The third-order valence-electron chi connectivity index (χ3n) is 3.56. The highest BCUT2D eigenvalue weighted by Crippen LogP contribution is 2.25. The molecule has 1 amide bonds. The molecule has 3 rings (SSSR count). The number of fused-ring (bicyclic) bond motifs is 1. The number of halogens is 1. The van der Waals surface area contributed by atoms with Crippen molar-refractivity contribution in [2.24, 2.45) is 5.16 Å². The fraction of sp³-hybridized carbons (Fsp3) is 0.105. The van der Waals surface area contributed by atoms with E-state index in [0.29, 0.717) is 27.4 Å². The van der Waals surface area contributed by atoms with Gasteiger partial charge in [-0.25, -0.2) is 4.79 Å². The highest BCUT2D eigenvalue weighted by atomic mass is 35.5. The Kier molecular flexibility index (Phi) is 5.42. The molecule has 0 aliphatic carbocycles. The molecule has 7 nitrogen and oxygen atoms in total. The normalized spacial score (nSPS) is 11.3. The molecule has 0 saturated heterocycles. The summed E-state index contributed by atoms with van der Waals surface area (Å²) in [6.45, 7) is 1.19. The van der Waals surface area contributed by atoms with Crippen LogP contribution in [0.3, 0.4) is 0 Å². The first-order valence-corrected chi connectivity index (χ1v) is 8.25. The van der Waals surface area contributed by atoms with Crippen LogP contribution in [-0.4, -0.2) is 19.0 Å². The maximum atomic E-state index is 12.7. The first-order valence-electron chi connectivity index (χ1n) is 7.87. The van der Waals surface area contributed by atoms with Crippen LogP contribution in [0.1, 0.15) is 17.3 Å². The zero-order valence-corrected chi connectivity index (χ0v) is 15.2. The summed E-state index contributed by atoms with van der Waals surface area (Å²) in [7, 11) is 1.49. The van der Waals surface area contributed by atoms with Crippen LogP contribution in [0.4, 0.5) is 5.69 Å². The molecule has 3 aromatic rings. The van der Waals surface area contributed by atoms with Crippen LogP contribution >= 0.6 is 11.6 Å². The Balaban J connectivity index is 2.10. The van der Waals surface area contributed by atoms with E-state index >= 15 is 0 Å². The second-order valence-electron chi connectivity index (χ2n) is 5.48. The van der Waals surface area contributed by atoms with Crippen molar-refractivity contribution in [2.45, 2.75) is 6.92 Å². The number of nitrogens with one attached hydrogen (secondary N) is 1. The number of methoxy groups -OCH3 is 1. The van der Waals surface area contributed by atoms with Gasteiger partial charge in [-0.05, 0) is 41.6 Å². The molecule has 0 aliphatic rings. The lowest BCUT2D eigenvalue weighted by Crippen LogP contribution is -2.22. The van der Waals surface area contributed by atoms with Gasteiger partial charge in [-0.3, -0.25) is 4.79 Å². The lowest BCUT2D eigenvalue weighted by atomic mass is 10.1. The van der Waals surface area contributed by atoms with Crippen molar-refractivity contribution in [3.05, 3.63) is 64.7 Å². The third kappa shape index (κ3) is 4.27. The first kappa shape index (κ1) is 18.5. The van der Waals surface area contributed by atoms with Gasteiger partial charge in [0.05, 0.1) is 7.11 Å². The van der Waals surface area contributed by atoms with Gasteiger partial charge in [-0.15, -0.1) is 0 Å². The summed E-state index contributed by atoms with van der Waals surface area (Å²) in [5, 5.41) is 7.54. The van der Waals surface area contributed by atoms with Crippen molar-refractivity contribution in [1.29, 1.82) is 0 Å². The standard InChI is InChI=1S/C19H15ClN2O5/c1-11(23)27-22-19-15(18(24)21-14-8-6-13(20)7-9-14)10-12-4-3-5-16(25-2)17(12)26-19/h3-10H,1-2H3,(H,21,24)/b22-19+. The summed E-state index contributed by atoms with van der Waals surface area (Å²) in [5.41, 5.74) is 0.836. The summed E-state index contributed by atoms with van der Waals surface area (Å²) in [4.78, 5) is 28.5. The Morgan fingerprint density at radius 1 is 1.15 bits per heavy atom. The number of benzene rings is 2. The average Bonchev–Trinajstić information content (AvgIpc) is 2.66. The largest absolute Gasteiger partial charge is 0.493 e. The van der Waals surface area contributed by atoms with E-state index in [0.717, 1.165) is 0 Å². The predicted molar refractivity (Wildman–Crippen MR) is 99.5 cm³/mol. The molecule has 1 aromatic heterocycles. The fourth-order valence-corrected chi connectivity index (χ4v) is 2.48. The van der Waals surface area contributed by atoms with Gasteiger partial charge in [-0.2, -0.15) is 0 Å². The molecule has 0 spiro atoms. The van der Waals surface area contributed by atoms with E-state index in [1.807, 2.05) is 0 Å². The molecule has 0 bridgehead atoms. The Hall–Kier alpha value is -3.32. The van der Waals surface area contributed by atoms with E-state index < -0.39 is 11.9 Å². The molecule has 0 radical (unpaired) electrons. The van der Waals surface area contributed by atoms with Crippen LogP contribution in [0, 0.1) is 0 Å². The molecule has 1 N–H and O–H groups in total. The maximum Gasteiger partial charge on any atom is 0.332 e. The monoisotopic (exact) mass is 386 g/mol. The second-order valence-corrected chi connectivity index (χ2v) is 5.92. The first-order chi connectivity index (χ1) is 13.0. The number of hydrogen-bond donors (Lipinski definition) is 1. The minimum absolute atomic E-state index is 0.0898. The summed E-state index contributed by atoms with van der Waals surface area (Å²) in [5.74, 6) is -0.678. The number of hydrogen-bond acceptors (Lipinski definition) is 6. The molecule has 0 aliphatic heterocycles.